The Labute approximate surface area is 235 Å². The van der Waals surface area contributed by atoms with Gasteiger partial charge in [0.1, 0.15) is 5.70 Å². The van der Waals surface area contributed by atoms with Crippen LogP contribution in [0.15, 0.2) is 101 Å². The zero-order chi connectivity index (χ0) is 27.6. The third-order valence-electron chi connectivity index (χ3n) is 5.52. The van der Waals surface area contributed by atoms with Crippen molar-refractivity contribution in [1.82, 2.24) is 10.3 Å². The smallest absolute Gasteiger partial charge is 0.272 e. The fourth-order valence-corrected chi connectivity index (χ4v) is 5.29. The van der Waals surface area contributed by atoms with E-state index in [1.54, 1.807) is 36.4 Å². The lowest BCUT2D eigenvalue weighted by Crippen LogP contribution is -2.30. The maximum Gasteiger partial charge on any atom is 0.272 e. The topological polar surface area (TPSA) is 100 Å². The van der Waals surface area contributed by atoms with Gasteiger partial charge in [-0.25, -0.2) is 4.98 Å². The van der Waals surface area contributed by atoms with Gasteiger partial charge in [-0.3, -0.25) is 14.4 Å². The molecule has 4 rings (SSSR count). The number of anilines is 2. The summed E-state index contributed by atoms with van der Waals surface area (Å²) in [6, 6.07) is 25.3. The van der Waals surface area contributed by atoms with Crippen LogP contribution < -0.4 is 16.0 Å². The Hall–Kier alpha value is -4.21. The van der Waals surface area contributed by atoms with E-state index < -0.39 is 5.91 Å². The van der Waals surface area contributed by atoms with Crippen LogP contribution in [0.25, 0.3) is 6.08 Å². The molecule has 1 atom stereocenters. The number of thioether (sulfide) groups is 1. The van der Waals surface area contributed by atoms with Crippen molar-refractivity contribution in [3.8, 4) is 0 Å². The lowest BCUT2D eigenvalue weighted by atomic mass is 10.1. The molecule has 0 saturated heterocycles. The lowest BCUT2D eigenvalue weighted by molar-refractivity contribution is -0.116. The number of carbonyl (C=O) groups is 3. The zero-order valence-electron chi connectivity index (χ0n) is 21.5. The molecule has 39 heavy (non-hydrogen) atoms. The number of hydrogen-bond acceptors (Lipinski definition) is 6. The second-order valence-corrected chi connectivity index (χ2v) is 10.7. The minimum absolute atomic E-state index is 0.109. The molecule has 0 spiro atoms. The summed E-state index contributed by atoms with van der Waals surface area (Å²) in [5, 5.41) is 10.6. The van der Waals surface area contributed by atoms with Crippen LogP contribution in [-0.2, 0) is 9.59 Å². The van der Waals surface area contributed by atoms with Crippen molar-refractivity contribution in [2.24, 2.45) is 0 Å². The van der Waals surface area contributed by atoms with E-state index in [-0.39, 0.29) is 22.8 Å². The molecule has 1 aromatic heterocycles. The van der Waals surface area contributed by atoms with Crippen molar-refractivity contribution >= 4 is 57.7 Å². The van der Waals surface area contributed by atoms with E-state index in [4.69, 9.17) is 0 Å². The molecule has 0 aliphatic heterocycles. The highest BCUT2D eigenvalue weighted by Gasteiger charge is 2.20. The van der Waals surface area contributed by atoms with Crippen molar-refractivity contribution in [3.63, 3.8) is 0 Å². The highest BCUT2D eigenvalue weighted by atomic mass is 32.2. The Morgan fingerprint density at radius 1 is 0.949 bits per heavy atom. The van der Waals surface area contributed by atoms with Crippen LogP contribution in [0, 0.1) is 6.92 Å². The average molecular weight is 557 g/mol. The minimum atomic E-state index is -0.464. The molecule has 0 aliphatic carbocycles. The summed E-state index contributed by atoms with van der Waals surface area (Å²) in [6.07, 6.45) is 2.25. The maximum atomic E-state index is 13.3. The molecule has 0 radical (unpaired) electrons. The van der Waals surface area contributed by atoms with Crippen LogP contribution in [0.4, 0.5) is 10.8 Å². The van der Waals surface area contributed by atoms with Crippen LogP contribution in [0.2, 0.25) is 0 Å². The van der Waals surface area contributed by atoms with Gasteiger partial charge in [-0.1, -0.05) is 61.5 Å². The number of nitrogens with zero attached hydrogens (tertiary/aromatic N) is 1. The summed E-state index contributed by atoms with van der Waals surface area (Å²) < 4.78 is 0. The number of aryl methyl sites for hydroxylation is 1. The molecule has 7 nitrogen and oxygen atoms in total. The standard InChI is InChI=1S/C30H28N4O3S2/c1-3-26(29(37)34-30-31-20(2)19-38-30)39-24-16-10-15-23(18-24)32-28(36)25(17-21-11-6-4-7-12-21)33-27(35)22-13-8-5-9-14-22/h4-19,26H,3H2,1-2H3,(H,32,36)(H,33,35)(H,31,34,37)/b25-17-. The van der Waals surface area contributed by atoms with Gasteiger partial charge in [0.2, 0.25) is 5.91 Å². The van der Waals surface area contributed by atoms with Gasteiger partial charge in [-0.15, -0.1) is 23.1 Å². The first-order valence-corrected chi connectivity index (χ1v) is 14.1. The molecule has 0 saturated carbocycles. The van der Waals surface area contributed by atoms with Gasteiger partial charge >= 0.3 is 0 Å². The predicted molar refractivity (Wildman–Crippen MR) is 159 cm³/mol. The number of amides is 3. The van der Waals surface area contributed by atoms with Gasteiger partial charge < -0.3 is 16.0 Å². The summed E-state index contributed by atoms with van der Waals surface area (Å²) in [4.78, 5) is 44.1. The Bertz CT molecular complexity index is 1470. The van der Waals surface area contributed by atoms with Crippen LogP contribution in [0.5, 0.6) is 0 Å². The van der Waals surface area contributed by atoms with Crippen molar-refractivity contribution in [3.05, 3.63) is 113 Å². The Kier molecular flexibility index (Phi) is 9.66. The van der Waals surface area contributed by atoms with E-state index in [1.165, 1.54) is 23.1 Å². The van der Waals surface area contributed by atoms with E-state index in [2.05, 4.69) is 20.9 Å². The number of aromatic nitrogens is 1. The van der Waals surface area contributed by atoms with Gasteiger partial charge in [0, 0.05) is 21.5 Å². The third kappa shape index (κ3) is 8.13. The van der Waals surface area contributed by atoms with Crippen LogP contribution >= 0.6 is 23.1 Å². The molecule has 3 amide bonds. The molecule has 4 aromatic rings. The van der Waals surface area contributed by atoms with E-state index >= 15 is 0 Å². The van der Waals surface area contributed by atoms with Crippen LogP contribution in [0.3, 0.4) is 0 Å². The number of rotatable bonds is 10. The molecular formula is C30H28N4O3S2. The minimum Gasteiger partial charge on any atom is -0.321 e. The molecule has 9 heteroatoms. The van der Waals surface area contributed by atoms with E-state index in [9.17, 15) is 14.4 Å². The first-order chi connectivity index (χ1) is 18.9. The predicted octanol–water partition coefficient (Wildman–Crippen LogP) is 6.37. The normalized spacial score (nSPS) is 11.9. The number of nitrogens with one attached hydrogen (secondary N) is 3. The van der Waals surface area contributed by atoms with Crippen LogP contribution in [-0.4, -0.2) is 28.0 Å². The summed E-state index contributed by atoms with van der Waals surface area (Å²) in [7, 11) is 0. The fourth-order valence-electron chi connectivity index (χ4n) is 3.59. The SMILES string of the molecule is CCC(Sc1cccc(NC(=O)/C(=C/c2ccccc2)NC(=O)c2ccccc2)c1)C(=O)Nc1nc(C)cs1. The first kappa shape index (κ1) is 27.8. The Balaban J connectivity index is 1.48. The second-order valence-electron chi connectivity index (χ2n) is 8.57. The van der Waals surface area contributed by atoms with Gasteiger partial charge in [-0.05, 0) is 55.3 Å². The average Bonchev–Trinajstić information content (AvgIpc) is 3.36. The summed E-state index contributed by atoms with van der Waals surface area (Å²) >= 11 is 2.80. The highest BCUT2D eigenvalue weighted by molar-refractivity contribution is 8.00. The first-order valence-electron chi connectivity index (χ1n) is 12.4. The largest absolute Gasteiger partial charge is 0.321 e. The van der Waals surface area contributed by atoms with E-state index in [0.717, 1.165) is 16.2 Å². The molecular weight excluding hydrogens is 528 g/mol. The number of thiazole rings is 1. The lowest BCUT2D eigenvalue weighted by Gasteiger charge is -2.15. The monoisotopic (exact) mass is 556 g/mol. The molecule has 0 fully saturated rings. The van der Waals surface area contributed by atoms with Crippen LogP contribution in [0.1, 0.15) is 35.0 Å². The van der Waals surface area contributed by atoms with Crippen molar-refractivity contribution in [2.75, 3.05) is 10.6 Å². The molecule has 198 valence electrons. The molecule has 1 unspecified atom stereocenters. The van der Waals surface area contributed by atoms with Crippen molar-refractivity contribution in [1.29, 1.82) is 0 Å². The Morgan fingerprint density at radius 3 is 2.33 bits per heavy atom. The summed E-state index contributed by atoms with van der Waals surface area (Å²) in [6.45, 7) is 3.83. The highest BCUT2D eigenvalue weighted by Crippen LogP contribution is 2.29. The molecule has 3 aromatic carbocycles. The number of benzene rings is 3. The fraction of sp³-hybridized carbons (Fsp3) is 0.133. The zero-order valence-corrected chi connectivity index (χ0v) is 23.1. The van der Waals surface area contributed by atoms with Crippen molar-refractivity contribution in [2.45, 2.75) is 30.4 Å². The molecule has 3 N–H and O–H groups in total. The molecule has 1 heterocycles. The Morgan fingerprint density at radius 2 is 1.67 bits per heavy atom. The van der Waals surface area contributed by atoms with Gasteiger partial charge in [0.05, 0.1) is 10.9 Å². The summed E-state index contributed by atoms with van der Waals surface area (Å²) in [5.41, 5.74) is 2.73. The second kappa shape index (κ2) is 13.5. The number of hydrogen-bond donors (Lipinski definition) is 3. The van der Waals surface area contributed by atoms with Crippen molar-refractivity contribution < 1.29 is 14.4 Å². The third-order valence-corrected chi connectivity index (χ3v) is 7.76. The van der Waals surface area contributed by atoms with E-state index in [0.29, 0.717) is 22.8 Å². The maximum absolute atomic E-state index is 13.3. The van der Waals surface area contributed by atoms with Gasteiger partial charge in [0.25, 0.3) is 11.8 Å². The summed E-state index contributed by atoms with van der Waals surface area (Å²) in [5.74, 6) is -0.971. The quantitative estimate of drug-likeness (QED) is 0.156. The van der Waals surface area contributed by atoms with E-state index in [1.807, 2.05) is 73.8 Å². The van der Waals surface area contributed by atoms with Gasteiger partial charge in [0.15, 0.2) is 5.13 Å². The number of carbonyl (C=O) groups excluding carboxylic acids is 3. The van der Waals surface area contributed by atoms with Gasteiger partial charge in [-0.2, -0.15) is 0 Å². The molecule has 0 aliphatic rings. The molecule has 0 bridgehead atoms.